The van der Waals surface area contributed by atoms with Crippen molar-refractivity contribution < 1.29 is 8.78 Å². The minimum Gasteiger partial charge on any atom is -0.308 e. The summed E-state index contributed by atoms with van der Waals surface area (Å²) in [4.78, 5) is 0. The molecule has 4 heteroatoms. The van der Waals surface area contributed by atoms with Crippen molar-refractivity contribution in [2.75, 3.05) is 0 Å². The summed E-state index contributed by atoms with van der Waals surface area (Å²) in [6, 6.07) is 11.6. The third-order valence-electron chi connectivity index (χ3n) is 3.15. The van der Waals surface area contributed by atoms with E-state index in [2.05, 4.69) is 5.32 Å². The van der Waals surface area contributed by atoms with Crippen LogP contribution < -0.4 is 5.32 Å². The van der Waals surface area contributed by atoms with Crippen LogP contribution in [0, 0.1) is 29.9 Å². The number of nitrogens with zero attached hydrogens (tertiary/aromatic N) is 1. The number of hydrogen-bond acceptors (Lipinski definition) is 2. The lowest BCUT2D eigenvalue weighted by Gasteiger charge is -2.09. The smallest absolute Gasteiger partial charge is 0.131 e. The normalized spacial score (nSPS) is 10.3. The van der Waals surface area contributed by atoms with E-state index in [4.69, 9.17) is 5.26 Å². The highest BCUT2D eigenvalue weighted by Crippen LogP contribution is 2.15. The highest BCUT2D eigenvalue weighted by atomic mass is 19.1. The van der Waals surface area contributed by atoms with Crippen molar-refractivity contribution in [1.82, 2.24) is 5.32 Å². The maximum absolute atomic E-state index is 13.7. The number of benzene rings is 2. The first-order valence-electron chi connectivity index (χ1n) is 6.25. The van der Waals surface area contributed by atoms with Crippen molar-refractivity contribution in [3.05, 3.63) is 70.3 Å². The largest absolute Gasteiger partial charge is 0.308 e. The van der Waals surface area contributed by atoms with Crippen LogP contribution in [0.4, 0.5) is 8.78 Å². The second kappa shape index (κ2) is 6.27. The molecule has 0 spiro atoms. The van der Waals surface area contributed by atoms with E-state index in [1.807, 2.05) is 31.2 Å². The van der Waals surface area contributed by atoms with E-state index in [9.17, 15) is 8.78 Å². The van der Waals surface area contributed by atoms with E-state index in [1.54, 1.807) is 6.07 Å². The van der Waals surface area contributed by atoms with Gasteiger partial charge >= 0.3 is 0 Å². The molecule has 0 saturated carbocycles. The van der Waals surface area contributed by atoms with Gasteiger partial charge in [0.1, 0.15) is 11.6 Å². The zero-order chi connectivity index (χ0) is 14.5. The Bertz CT molecular complexity index is 637. The molecule has 102 valence electrons. The first-order chi connectivity index (χ1) is 9.61. The summed E-state index contributed by atoms with van der Waals surface area (Å²) in [6.45, 7) is 2.60. The zero-order valence-corrected chi connectivity index (χ0v) is 11.1. The monoisotopic (exact) mass is 272 g/mol. The summed E-state index contributed by atoms with van der Waals surface area (Å²) in [5.41, 5.74) is 2.16. The van der Waals surface area contributed by atoms with E-state index in [-0.39, 0.29) is 17.7 Å². The van der Waals surface area contributed by atoms with Crippen molar-refractivity contribution in [2.24, 2.45) is 0 Å². The lowest BCUT2D eigenvalue weighted by atomic mass is 10.1. The number of rotatable bonds is 4. The quantitative estimate of drug-likeness (QED) is 0.925. The molecule has 0 atom stereocenters. The molecule has 0 aliphatic rings. The van der Waals surface area contributed by atoms with Gasteiger partial charge in [0.25, 0.3) is 0 Å². The fourth-order valence-electron chi connectivity index (χ4n) is 1.97. The van der Waals surface area contributed by atoms with Crippen molar-refractivity contribution >= 4 is 0 Å². The molecule has 2 aromatic rings. The SMILES string of the molecule is Cc1ccccc1CNCc1c(F)cc(C#N)cc1F. The second-order valence-electron chi connectivity index (χ2n) is 4.56. The molecule has 2 aromatic carbocycles. The molecule has 0 amide bonds. The van der Waals surface area contributed by atoms with Gasteiger partial charge in [0.2, 0.25) is 0 Å². The Morgan fingerprint density at radius 2 is 1.75 bits per heavy atom. The molecule has 0 aliphatic carbocycles. The highest BCUT2D eigenvalue weighted by Gasteiger charge is 2.10. The van der Waals surface area contributed by atoms with Gasteiger partial charge in [-0.15, -0.1) is 0 Å². The van der Waals surface area contributed by atoms with Gasteiger partial charge in [0, 0.05) is 18.7 Å². The maximum atomic E-state index is 13.7. The molecule has 0 heterocycles. The van der Waals surface area contributed by atoms with Crippen LogP contribution in [0.2, 0.25) is 0 Å². The molecular formula is C16H14F2N2. The van der Waals surface area contributed by atoms with Crippen LogP contribution in [0.3, 0.4) is 0 Å². The average Bonchev–Trinajstić information content (AvgIpc) is 2.43. The fraction of sp³-hybridized carbons (Fsp3) is 0.188. The first-order valence-corrected chi connectivity index (χ1v) is 6.25. The molecule has 0 saturated heterocycles. The molecule has 0 aliphatic heterocycles. The Hall–Kier alpha value is -2.25. The van der Waals surface area contributed by atoms with Crippen LogP contribution in [0.25, 0.3) is 0 Å². The summed E-state index contributed by atoms with van der Waals surface area (Å²) in [7, 11) is 0. The van der Waals surface area contributed by atoms with Crippen LogP contribution >= 0.6 is 0 Å². The topological polar surface area (TPSA) is 35.8 Å². The summed E-state index contributed by atoms with van der Waals surface area (Å²) in [5, 5.41) is 11.6. The Kier molecular flexibility index (Phi) is 4.44. The summed E-state index contributed by atoms with van der Waals surface area (Å²) >= 11 is 0. The van der Waals surface area contributed by atoms with Gasteiger partial charge in [0.15, 0.2) is 0 Å². The summed E-state index contributed by atoms with van der Waals surface area (Å²) in [6.07, 6.45) is 0. The molecule has 0 fully saturated rings. The lowest BCUT2D eigenvalue weighted by Crippen LogP contribution is -2.15. The molecule has 0 radical (unpaired) electrons. The van der Waals surface area contributed by atoms with Crippen molar-refractivity contribution in [2.45, 2.75) is 20.0 Å². The average molecular weight is 272 g/mol. The number of hydrogen-bond donors (Lipinski definition) is 1. The first kappa shape index (κ1) is 14.2. The Balaban J connectivity index is 2.05. The van der Waals surface area contributed by atoms with Crippen LogP contribution in [0.15, 0.2) is 36.4 Å². The Morgan fingerprint density at radius 3 is 2.35 bits per heavy atom. The molecule has 2 rings (SSSR count). The van der Waals surface area contributed by atoms with E-state index in [0.717, 1.165) is 23.3 Å². The predicted molar refractivity (Wildman–Crippen MR) is 72.8 cm³/mol. The van der Waals surface area contributed by atoms with Crippen LogP contribution in [-0.2, 0) is 13.1 Å². The summed E-state index contributed by atoms with van der Waals surface area (Å²) < 4.78 is 27.3. The van der Waals surface area contributed by atoms with E-state index in [1.165, 1.54) is 0 Å². The molecule has 2 nitrogen and oxygen atoms in total. The second-order valence-corrected chi connectivity index (χ2v) is 4.56. The van der Waals surface area contributed by atoms with E-state index in [0.29, 0.717) is 6.54 Å². The molecule has 0 aromatic heterocycles. The summed E-state index contributed by atoms with van der Waals surface area (Å²) in [5.74, 6) is -1.39. The van der Waals surface area contributed by atoms with Crippen molar-refractivity contribution in [3.8, 4) is 6.07 Å². The van der Waals surface area contributed by atoms with E-state index < -0.39 is 11.6 Å². The van der Waals surface area contributed by atoms with Gasteiger partial charge in [0.05, 0.1) is 11.6 Å². The Morgan fingerprint density at radius 1 is 1.10 bits per heavy atom. The van der Waals surface area contributed by atoms with Gasteiger partial charge in [-0.05, 0) is 30.2 Å². The lowest BCUT2D eigenvalue weighted by molar-refractivity contribution is 0.534. The number of nitrogens with one attached hydrogen (secondary N) is 1. The van der Waals surface area contributed by atoms with Gasteiger partial charge in [-0.2, -0.15) is 5.26 Å². The molecule has 0 unspecified atom stereocenters. The standard InChI is InChI=1S/C16H14F2N2/c1-11-4-2-3-5-13(11)9-20-10-14-15(17)6-12(8-19)7-16(14)18/h2-7,20H,9-10H2,1H3. The van der Waals surface area contributed by atoms with Gasteiger partial charge < -0.3 is 5.32 Å². The number of halogens is 2. The zero-order valence-electron chi connectivity index (χ0n) is 11.1. The predicted octanol–water partition coefficient (Wildman–Crippen LogP) is 3.43. The fourth-order valence-corrected chi connectivity index (χ4v) is 1.97. The van der Waals surface area contributed by atoms with Crippen LogP contribution in [-0.4, -0.2) is 0 Å². The van der Waals surface area contributed by atoms with Crippen molar-refractivity contribution in [3.63, 3.8) is 0 Å². The maximum Gasteiger partial charge on any atom is 0.131 e. The molecule has 20 heavy (non-hydrogen) atoms. The van der Waals surface area contributed by atoms with E-state index >= 15 is 0 Å². The third kappa shape index (κ3) is 3.19. The minimum absolute atomic E-state index is 0.0114. The van der Waals surface area contributed by atoms with Crippen LogP contribution in [0.1, 0.15) is 22.3 Å². The van der Waals surface area contributed by atoms with Gasteiger partial charge in [-0.1, -0.05) is 24.3 Å². The highest BCUT2D eigenvalue weighted by molar-refractivity contribution is 5.34. The molecule has 1 N–H and O–H groups in total. The Labute approximate surface area is 116 Å². The number of aryl methyl sites for hydroxylation is 1. The number of nitriles is 1. The van der Waals surface area contributed by atoms with Gasteiger partial charge in [-0.3, -0.25) is 0 Å². The minimum atomic E-state index is -0.696. The molecular weight excluding hydrogens is 258 g/mol. The van der Waals surface area contributed by atoms with Gasteiger partial charge in [-0.25, -0.2) is 8.78 Å². The van der Waals surface area contributed by atoms with Crippen LogP contribution in [0.5, 0.6) is 0 Å². The molecule has 0 bridgehead atoms. The van der Waals surface area contributed by atoms with Crippen molar-refractivity contribution in [1.29, 1.82) is 5.26 Å². The third-order valence-corrected chi connectivity index (χ3v) is 3.15.